The van der Waals surface area contributed by atoms with Gasteiger partial charge in [-0.3, -0.25) is 0 Å². The fraction of sp³-hybridized carbons (Fsp3) is 0.375. The molecule has 0 aromatic carbocycles. The van der Waals surface area contributed by atoms with Crippen LogP contribution >= 0.6 is 0 Å². The van der Waals surface area contributed by atoms with E-state index in [4.69, 9.17) is 5.73 Å². The first-order chi connectivity index (χ1) is 5.36. The van der Waals surface area contributed by atoms with Crippen molar-refractivity contribution in [3.05, 3.63) is 23.9 Å². The lowest BCUT2D eigenvalue weighted by atomic mass is 10.3. The van der Waals surface area contributed by atoms with E-state index in [1.807, 2.05) is 25.2 Å². The maximum Gasteiger partial charge on any atom is 0.125 e. The van der Waals surface area contributed by atoms with Gasteiger partial charge in [0.25, 0.3) is 0 Å². The molecule has 0 aliphatic heterocycles. The summed E-state index contributed by atoms with van der Waals surface area (Å²) < 4.78 is 0. The molecule has 0 aliphatic rings. The molecule has 1 aromatic heterocycles. The highest BCUT2D eigenvalue weighted by molar-refractivity contribution is 5.34. The normalized spacial score (nSPS) is 9.64. The van der Waals surface area contributed by atoms with E-state index in [1.54, 1.807) is 0 Å². The smallest absolute Gasteiger partial charge is 0.125 e. The second-order valence-electron chi connectivity index (χ2n) is 2.30. The summed E-state index contributed by atoms with van der Waals surface area (Å²) in [5.41, 5.74) is 6.43. The van der Waals surface area contributed by atoms with E-state index in [9.17, 15) is 0 Å². The maximum atomic E-state index is 5.39. The summed E-state index contributed by atoms with van der Waals surface area (Å²) in [7, 11) is 1.86. The predicted molar refractivity (Wildman–Crippen MR) is 46.5 cm³/mol. The summed E-state index contributed by atoms with van der Waals surface area (Å²) in [5.74, 6) is 0.899. The van der Waals surface area contributed by atoms with E-state index in [2.05, 4.69) is 10.3 Å². The van der Waals surface area contributed by atoms with Crippen molar-refractivity contribution in [1.29, 1.82) is 0 Å². The SMILES string of the molecule is CNc1cccc(CCN)n1. The molecule has 0 amide bonds. The lowest BCUT2D eigenvalue weighted by molar-refractivity contribution is 0.924. The molecule has 0 aliphatic carbocycles. The van der Waals surface area contributed by atoms with Gasteiger partial charge in [-0.25, -0.2) is 4.98 Å². The van der Waals surface area contributed by atoms with E-state index >= 15 is 0 Å². The molecule has 0 atom stereocenters. The van der Waals surface area contributed by atoms with Crippen LogP contribution in [0, 0.1) is 0 Å². The Kier molecular flexibility index (Phi) is 2.86. The molecule has 0 radical (unpaired) electrons. The molecule has 0 unspecified atom stereocenters. The Bertz CT molecular complexity index is 222. The monoisotopic (exact) mass is 151 g/mol. The standard InChI is InChI=1S/C8H13N3/c1-10-8-4-2-3-7(11-8)5-6-9/h2-4H,5-6,9H2,1H3,(H,10,11). The molecular weight excluding hydrogens is 138 g/mol. The molecule has 3 nitrogen and oxygen atoms in total. The fourth-order valence-corrected chi connectivity index (χ4v) is 0.906. The number of nitrogens with one attached hydrogen (secondary N) is 1. The molecule has 3 N–H and O–H groups in total. The van der Waals surface area contributed by atoms with E-state index < -0.39 is 0 Å². The quantitative estimate of drug-likeness (QED) is 0.666. The molecule has 0 saturated heterocycles. The molecule has 1 heterocycles. The first-order valence-electron chi connectivity index (χ1n) is 3.70. The van der Waals surface area contributed by atoms with Gasteiger partial charge in [-0.2, -0.15) is 0 Å². The molecule has 0 spiro atoms. The Balaban J connectivity index is 2.74. The van der Waals surface area contributed by atoms with Crippen molar-refractivity contribution in [1.82, 2.24) is 4.98 Å². The topological polar surface area (TPSA) is 50.9 Å². The van der Waals surface area contributed by atoms with Crippen LogP contribution in [0.3, 0.4) is 0 Å². The number of hydrogen-bond donors (Lipinski definition) is 2. The minimum atomic E-state index is 0.653. The molecule has 60 valence electrons. The van der Waals surface area contributed by atoms with Crippen LogP contribution in [0.2, 0.25) is 0 Å². The van der Waals surface area contributed by atoms with Gasteiger partial charge in [-0.1, -0.05) is 6.07 Å². The van der Waals surface area contributed by atoms with Gasteiger partial charge in [0.1, 0.15) is 5.82 Å². The lowest BCUT2D eigenvalue weighted by Gasteiger charge is -2.01. The zero-order valence-electron chi connectivity index (χ0n) is 6.67. The summed E-state index contributed by atoms with van der Waals surface area (Å²) in [6.45, 7) is 0.653. The van der Waals surface area contributed by atoms with Crippen molar-refractivity contribution in [2.24, 2.45) is 5.73 Å². The van der Waals surface area contributed by atoms with Crippen molar-refractivity contribution in [3.8, 4) is 0 Å². The first-order valence-corrected chi connectivity index (χ1v) is 3.70. The van der Waals surface area contributed by atoms with Gasteiger partial charge in [-0.05, 0) is 18.7 Å². The summed E-state index contributed by atoms with van der Waals surface area (Å²) in [6, 6.07) is 5.89. The second-order valence-corrected chi connectivity index (χ2v) is 2.30. The van der Waals surface area contributed by atoms with Crippen LogP contribution in [0.1, 0.15) is 5.69 Å². The van der Waals surface area contributed by atoms with Crippen LogP contribution in [0.5, 0.6) is 0 Å². The zero-order valence-corrected chi connectivity index (χ0v) is 6.67. The third-order valence-electron chi connectivity index (χ3n) is 1.46. The Labute approximate surface area is 66.6 Å². The number of rotatable bonds is 3. The van der Waals surface area contributed by atoms with E-state index in [-0.39, 0.29) is 0 Å². The van der Waals surface area contributed by atoms with Crippen molar-refractivity contribution in [3.63, 3.8) is 0 Å². The van der Waals surface area contributed by atoms with E-state index in [1.165, 1.54) is 0 Å². The van der Waals surface area contributed by atoms with Gasteiger partial charge in [0.15, 0.2) is 0 Å². The molecule has 0 saturated carbocycles. The molecule has 0 fully saturated rings. The first kappa shape index (κ1) is 8.01. The van der Waals surface area contributed by atoms with Gasteiger partial charge in [-0.15, -0.1) is 0 Å². The predicted octanol–water partition coefficient (Wildman–Crippen LogP) is 0.624. The highest BCUT2D eigenvalue weighted by Crippen LogP contribution is 2.03. The van der Waals surface area contributed by atoms with Crippen LogP contribution in [-0.2, 0) is 6.42 Å². The van der Waals surface area contributed by atoms with Crippen LogP contribution in [-0.4, -0.2) is 18.6 Å². The van der Waals surface area contributed by atoms with Gasteiger partial charge in [0.2, 0.25) is 0 Å². The second kappa shape index (κ2) is 3.93. The average molecular weight is 151 g/mol. The molecule has 1 aromatic rings. The molecule has 1 rings (SSSR count). The Morgan fingerprint density at radius 3 is 3.00 bits per heavy atom. The highest BCUT2D eigenvalue weighted by Gasteiger charge is 1.93. The number of pyridine rings is 1. The number of hydrogen-bond acceptors (Lipinski definition) is 3. The Morgan fingerprint density at radius 2 is 2.36 bits per heavy atom. The Morgan fingerprint density at radius 1 is 1.55 bits per heavy atom. The number of nitrogens with two attached hydrogens (primary N) is 1. The number of aromatic nitrogens is 1. The summed E-state index contributed by atoms with van der Waals surface area (Å²) in [6.07, 6.45) is 0.843. The molecule has 0 bridgehead atoms. The minimum absolute atomic E-state index is 0.653. The van der Waals surface area contributed by atoms with Crippen molar-refractivity contribution in [2.45, 2.75) is 6.42 Å². The lowest BCUT2D eigenvalue weighted by Crippen LogP contribution is -2.05. The van der Waals surface area contributed by atoms with Gasteiger partial charge < -0.3 is 11.1 Å². The Hall–Kier alpha value is -1.09. The fourth-order valence-electron chi connectivity index (χ4n) is 0.906. The third kappa shape index (κ3) is 2.20. The van der Waals surface area contributed by atoms with Crippen LogP contribution in [0.25, 0.3) is 0 Å². The third-order valence-corrected chi connectivity index (χ3v) is 1.46. The van der Waals surface area contributed by atoms with Gasteiger partial charge in [0, 0.05) is 19.2 Å². The van der Waals surface area contributed by atoms with Crippen molar-refractivity contribution < 1.29 is 0 Å². The van der Waals surface area contributed by atoms with Crippen molar-refractivity contribution in [2.75, 3.05) is 18.9 Å². The van der Waals surface area contributed by atoms with Crippen molar-refractivity contribution >= 4 is 5.82 Å². The summed E-state index contributed by atoms with van der Waals surface area (Å²) >= 11 is 0. The van der Waals surface area contributed by atoms with Crippen LogP contribution < -0.4 is 11.1 Å². The number of nitrogens with zero attached hydrogens (tertiary/aromatic N) is 1. The van der Waals surface area contributed by atoms with Gasteiger partial charge in [0.05, 0.1) is 0 Å². The maximum absolute atomic E-state index is 5.39. The summed E-state index contributed by atoms with van der Waals surface area (Å²) in [4.78, 5) is 4.29. The van der Waals surface area contributed by atoms with E-state index in [0.717, 1.165) is 17.9 Å². The van der Waals surface area contributed by atoms with Gasteiger partial charge >= 0.3 is 0 Å². The van der Waals surface area contributed by atoms with Crippen LogP contribution in [0.15, 0.2) is 18.2 Å². The molecular formula is C8H13N3. The largest absolute Gasteiger partial charge is 0.373 e. The molecule has 11 heavy (non-hydrogen) atoms. The van der Waals surface area contributed by atoms with E-state index in [0.29, 0.717) is 6.54 Å². The minimum Gasteiger partial charge on any atom is -0.373 e. The average Bonchev–Trinajstić information content (AvgIpc) is 2.06. The number of anilines is 1. The van der Waals surface area contributed by atoms with Crippen LogP contribution in [0.4, 0.5) is 5.82 Å². The molecule has 3 heteroatoms. The zero-order chi connectivity index (χ0) is 8.10. The highest BCUT2D eigenvalue weighted by atomic mass is 15.0. The summed E-state index contributed by atoms with van der Waals surface area (Å²) in [5, 5.41) is 2.97.